The Morgan fingerprint density at radius 1 is 1.26 bits per heavy atom. The van der Waals surface area contributed by atoms with Crippen molar-refractivity contribution in [3.05, 3.63) is 12.2 Å². The number of halogens is 2. The summed E-state index contributed by atoms with van der Waals surface area (Å²) in [5.74, 6) is 0. The van der Waals surface area contributed by atoms with Gasteiger partial charge in [0.1, 0.15) is 18.5 Å². The van der Waals surface area contributed by atoms with E-state index in [1.165, 1.54) is 0 Å². The summed E-state index contributed by atoms with van der Waals surface area (Å²) in [6.45, 7) is 6.27. The quantitative estimate of drug-likeness (QED) is 0.544. The van der Waals surface area contributed by atoms with Crippen molar-refractivity contribution in [3.8, 4) is 0 Å². The van der Waals surface area contributed by atoms with Crippen LogP contribution in [0.3, 0.4) is 0 Å². The van der Waals surface area contributed by atoms with Crippen molar-refractivity contribution in [2.75, 3.05) is 0 Å². The number of hydrogen-bond acceptors (Lipinski definition) is 5. The first-order chi connectivity index (χ1) is 10.8. The largest absolute Gasteiger partial charge is 0.346 e. The number of hydrogen-bond donors (Lipinski definition) is 3. The van der Waals surface area contributed by atoms with Gasteiger partial charge in [0.2, 0.25) is 0 Å². The second-order valence-electron chi connectivity index (χ2n) is 7.52. The molecule has 0 aromatic carbocycles. The number of piperidine rings is 1. The van der Waals surface area contributed by atoms with E-state index < -0.39 is 12.6 Å². The van der Waals surface area contributed by atoms with Crippen LogP contribution in [0.15, 0.2) is 17.1 Å². The van der Waals surface area contributed by atoms with Crippen molar-refractivity contribution in [1.82, 2.24) is 16.0 Å². The first-order valence-electron chi connectivity index (χ1n) is 8.28. The van der Waals surface area contributed by atoms with Crippen LogP contribution >= 0.6 is 0 Å². The summed E-state index contributed by atoms with van der Waals surface area (Å²) >= 11 is 0. The number of ether oxygens (including phenoxy) is 1. The number of dihydropyridines is 1. The lowest BCUT2D eigenvalue weighted by atomic mass is 10.0. The molecule has 0 amide bonds. The number of rotatable bonds is 4. The van der Waals surface area contributed by atoms with Crippen molar-refractivity contribution in [1.29, 1.82) is 0 Å². The van der Waals surface area contributed by atoms with Gasteiger partial charge in [0.05, 0.1) is 5.71 Å². The highest BCUT2D eigenvalue weighted by Gasteiger charge is 2.44. The van der Waals surface area contributed by atoms with Crippen LogP contribution in [0.25, 0.3) is 0 Å². The molecule has 0 spiro atoms. The summed E-state index contributed by atoms with van der Waals surface area (Å²) in [7, 11) is 0. The van der Waals surface area contributed by atoms with Gasteiger partial charge in [0.25, 0.3) is 0 Å². The molecule has 0 radical (unpaired) electrons. The average Bonchev–Trinajstić information content (AvgIpc) is 3.14. The maximum absolute atomic E-state index is 13.4. The summed E-state index contributed by atoms with van der Waals surface area (Å²) in [6.07, 6.45) is 2.48. The van der Waals surface area contributed by atoms with Crippen molar-refractivity contribution in [3.63, 3.8) is 0 Å². The van der Waals surface area contributed by atoms with Crippen molar-refractivity contribution in [2.45, 2.75) is 82.7 Å². The Morgan fingerprint density at radius 3 is 2.61 bits per heavy atom. The molecule has 2 fully saturated rings. The zero-order valence-electron chi connectivity index (χ0n) is 13.9. The third-order valence-electron chi connectivity index (χ3n) is 4.08. The van der Waals surface area contributed by atoms with E-state index in [9.17, 15) is 8.78 Å². The van der Waals surface area contributed by atoms with Gasteiger partial charge in [-0.1, -0.05) is 6.08 Å². The molecule has 3 N–H and O–H groups in total. The Labute approximate surface area is 135 Å². The van der Waals surface area contributed by atoms with E-state index in [0.717, 1.165) is 12.1 Å². The van der Waals surface area contributed by atoms with Crippen LogP contribution in [0.5, 0.6) is 0 Å². The van der Waals surface area contributed by atoms with Gasteiger partial charge >= 0.3 is 0 Å². The molecule has 23 heavy (non-hydrogen) atoms. The van der Waals surface area contributed by atoms with Crippen LogP contribution in [0.4, 0.5) is 8.78 Å². The molecule has 0 aromatic rings. The highest BCUT2D eigenvalue weighted by Crippen LogP contribution is 2.26. The van der Waals surface area contributed by atoms with Gasteiger partial charge in [0.15, 0.2) is 12.6 Å². The van der Waals surface area contributed by atoms with E-state index >= 15 is 0 Å². The minimum atomic E-state index is -1.30. The fourth-order valence-corrected chi connectivity index (χ4v) is 3.08. The van der Waals surface area contributed by atoms with Gasteiger partial charge in [-0.15, -0.1) is 0 Å². The Morgan fingerprint density at radius 2 is 1.96 bits per heavy atom. The predicted octanol–water partition coefficient (Wildman–Crippen LogP) is 1.76. The normalized spacial score (nSPS) is 40.8. The molecule has 3 heterocycles. The zero-order chi connectivity index (χ0) is 16.6. The standard InChI is InChI=1S/C16H26F2N4O/c1-16(2,3)22-15-14(23-15)10-5-4-6-13(20-10)19-9-7-11(17)21-12(18)8-9/h4-5,9,11-15,19,21-22H,6-8H2,1-3H3. The number of nitrogens with one attached hydrogen (secondary N) is 3. The molecule has 3 aliphatic rings. The van der Waals surface area contributed by atoms with E-state index in [1.54, 1.807) is 0 Å². The minimum Gasteiger partial charge on any atom is -0.346 e. The third kappa shape index (κ3) is 4.79. The SMILES string of the molecule is CC(C)(C)NC1OC1C1=NC(NC2CC(F)NC(F)C2)CC=C1. The monoisotopic (exact) mass is 328 g/mol. The third-order valence-corrected chi connectivity index (χ3v) is 4.08. The van der Waals surface area contributed by atoms with Gasteiger partial charge in [0, 0.05) is 30.8 Å². The lowest BCUT2D eigenvalue weighted by Crippen LogP contribution is -2.50. The summed E-state index contributed by atoms with van der Waals surface area (Å²) in [4.78, 5) is 4.66. The maximum atomic E-state index is 13.4. The molecular formula is C16H26F2N4O. The molecule has 0 aliphatic carbocycles. The number of epoxide rings is 1. The van der Waals surface area contributed by atoms with Crippen molar-refractivity contribution >= 4 is 5.71 Å². The number of aliphatic imine (C=N–C) groups is 1. The smallest absolute Gasteiger partial charge is 0.154 e. The van der Waals surface area contributed by atoms with Crippen LogP contribution < -0.4 is 16.0 Å². The van der Waals surface area contributed by atoms with Crippen molar-refractivity contribution in [2.24, 2.45) is 4.99 Å². The van der Waals surface area contributed by atoms with Crippen LogP contribution in [-0.4, -0.2) is 48.4 Å². The molecule has 3 aliphatic heterocycles. The van der Waals surface area contributed by atoms with E-state index in [2.05, 4.69) is 41.7 Å². The Hall–Kier alpha value is -0.890. The topological polar surface area (TPSA) is 61.0 Å². The Kier molecular flexibility index (Phi) is 4.83. The fraction of sp³-hybridized carbons (Fsp3) is 0.812. The molecule has 0 bridgehead atoms. The summed E-state index contributed by atoms with van der Waals surface area (Å²) < 4.78 is 32.4. The number of nitrogens with zero attached hydrogens (tertiary/aromatic N) is 1. The van der Waals surface area contributed by atoms with Gasteiger partial charge in [-0.3, -0.25) is 20.9 Å². The summed E-state index contributed by atoms with van der Waals surface area (Å²) in [6, 6.07) is -0.202. The first kappa shape index (κ1) is 17.0. The lowest BCUT2D eigenvalue weighted by molar-refractivity contribution is 0.0869. The summed E-state index contributed by atoms with van der Waals surface area (Å²) in [5, 5.41) is 8.90. The second-order valence-corrected chi connectivity index (χ2v) is 7.52. The molecule has 2 saturated heterocycles. The van der Waals surface area contributed by atoms with E-state index in [0.29, 0.717) is 0 Å². The van der Waals surface area contributed by atoms with E-state index in [4.69, 9.17) is 4.74 Å². The Bertz CT molecular complexity index is 481. The van der Waals surface area contributed by atoms with Gasteiger partial charge < -0.3 is 4.74 Å². The van der Waals surface area contributed by atoms with Crippen LogP contribution in [0, 0.1) is 0 Å². The molecule has 5 unspecified atom stereocenters. The van der Waals surface area contributed by atoms with Crippen LogP contribution in [0.1, 0.15) is 40.0 Å². The zero-order valence-corrected chi connectivity index (χ0v) is 13.9. The molecule has 5 atom stereocenters. The van der Waals surface area contributed by atoms with Gasteiger partial charge in [-0.2, -0.15) is 0 Å². The van der Waals surface area contributed by atoms with E-state index in [1.807, 2.05) is 12.2 Å². The molecule has 130 valence electrons. The summed E-state index contributed by atoms with van der Waals surface area (Å²) in [5.41, 5.74) is 0.871. The predicted molar refractivity (Wildman–Crippen MR) is 85.6 cm³/mol. The molecule has 0 saturated carbocycles. The molecule has 0 aromatic heterocycles. The first-order valence-corrected chi connectivity index (χ1v) is 8.28. The number of alkyl halides is 2. The maximum Gasteiger partial charge on any atom is 0.154 e. The van der Waals surface area contributed by atoms with Crippen LogP contribution in [-0.2, 0) is 4.74 Å². The fourth-order valence-electron chi connectivity index (χ4n) is 3.08. The van der Waals surface area contributed by atoms with Gasteiger partial charge in [-0.05, 0) is 26.8 Å². The average molecular weight is 328 g/mol. The highest BCUT2D eigenvalue weighted by atomic mass is 19.2. The minimum absolute atomic E-state index is 0.0125. The molecular weight excluding hydrogens is 302 g/mol. The molecule has 7 heteroatoms. The second kappa shape index (κ2) is 6.55. The molecule has 3 rings (SSSR count). The lowest BCUT2D eigenvalue weighted by Gasteiger charge is -2.31. The van der Waals surface area contributed by atoms with Gasteiger partial charge in [-0.25, -0.2) is 8.78 Å². The van der Waals surface area contributed by atoms with E-state index in [-0.39, 0.29) is 42.9 Å². The highest BCUT2D eigenvalue weighted by molar-refractivity contribution is 6.01. The van der Waals surface area contributed by atoms with Crippen molar-refractivity contribution < 1.29 is 13.5 Å². The Balaban J connectivity index is 1.54. The molecule has 5 nitrogen and oxygen atoms in total. The van der Waals surface area contributed by atoms with Crippen LogP contribution in [0.2, 0.25) is 0 Å².